The molecule has 1 N–H and O–H groups in total. The Kier molecular flexibility index (Phi) is 5.77. The molecule has 33 heavy (non-hydrogen) atoms. The largest absolute Gasteiger partial charge is 0.381 e. The number of hydrogen-bond donors (Lipinski definition) is 1. The molecule has 5 rings (SSSR count). The van der Waals surface area contributed by atoms with E-state index in [1.807, 2.05) is 25.3 Å². The number of fused-ring (bicyclic) bond motifs is 1. The average Bonchev–Trinajstić information content (AvgIpc) is 3.48. The van der Waals surface area contributed by atoms with Crippen LogP contribution in [0.3, 0.4) is 0 Å². The lowest BCUT2D eigenvalue weighted by atomic mass is 9.84. The lowest BCUT2D eigenvalue weighted by molar-refractivity contribution is -0.0675. The number of aliphatic hydroxyl groups is 1. The van der Waals surface area contributed by atoms with Crippen molar-refractivity contribution >= 4 is 11.3 Å². The number of hydrogen-bond acceptors (Lipinski definition) is 6. The fourth-order valence-electron chi connectivity index (χ4n) is 4.48. The van der Waals surface area contributed by atoms with Crippen molar-refractivity contribution in [2.24, 2.45) is 0 Å². The van der Waals surface area contributed by atoms with Crippen molar-refractivity contribution < 1.29 is 13.9 Å². The van der Waals surface area contributed by atoms with Crippen LogP contribution < -0.4 is 0 Å². The summed E-state index contributed by atoms with van der Waals surface area (Å²) in [6.07, 6.45) is 7.28. The van der Waals surface area contributed by atoms with Crippen molar-refractivity contribution in [2.75, 3.05) is 6.54 Å². The van der Waals surface area contributed by atoms with Gasteiger partial charge >= 0.3 is 0 Å². The van der Waals surface area contributed by atoms with E-state index in [1.54, 1.807) is 17.5 Å². The summed E-state index contributed by atoms with van der Waals surface area (Å²) >= 11 is 1.76. The molecule has 3 aromatic heterocycles. The molecule has 1 aromatic carbocycles. The third kappa shape index (κ3) is 4.19. The summed E-state index contributed by atoms with van der Waals surface area (Å²) in [4.78, 5) is 12.8. The van der Waals surface area contributed by atoms with E-state index >= 15 is 0 Å². The number of pyridine rings is 1. The Bertz CT molecular complexity index is 1250. The highest BCUT2D eigenvalue weighted by atomic mass is 32.1. The molecule has 0 saturated carbocycles. The third-order valence-electron chi connectivity index (χ3n) is 6.35. The van der Waals surface area contributed by atoms with Gasteiger partial charge in [0.1, 0.15) is 29.9 Å². The summed E-state index contributed by atoms with van der Waals surface area (Å²) in [6.45, 7) is 3.20. The van der Waals surface area contributed by atoms with Crippen LogP contribution in [0.25, 0.3) is 10.4 Å². The van der Waals surface area contributed by atoms with Crippen molar-refractivity contribution in [2.45, 2.75) is 38.1 Å². The van der Waals surface area contributed by atoms with Crippen LogP contribution in [0, 0.1) is 11.6 Å². The quantitative estimate of drug-likeness (QED) is 0.464. The van der Waals surface area contributed by atoms with Crippen LogP contribution in [0.5, 0.6) is 0 Å². The number of halogens is 2. The number of nitrogens with zero attached hydrogens (tertiary/aromatic N) is 5. The van der Waals surface area contributed by atoms with Crippen molar-refractivity contribution in [3.8, 4) is 10.4 Å². The lowest BCUT2D eigenvalue weighted by Crippen LogP contribution is -2.53. The van der Waals surface area contributed by atoms with E-state index in [4.69, 9.17) is 0 Å². The molecule has 1 aliphatic heterocycles. The van der Waals surface area contributed by atoms with Crippen LogP contribution >= 0.6 is 11.3 Å². The van der Waals surface area contributed by atoms with Gasteiger partial charge in [-0.2, -0.15) is 5.10 Å². The minimum absolute atomic E-state index is 0.00928. The van der Waals surface area contributed by atoms with E-state index in [-0.39, 0.29) is 12.1 Å². The second kappa shape index (κ2) is 8.74. The van der Waals surface area contributed by atoms with E-state index in [0.717, 1.165) is 22.9 Å². The molecular weight excluding hydrogens is 444 g/mol. The average molecular weight is 468 g/mol. The fraction of sp³-hybridized carbons (Fsp3) is 0.292. The van der Waals surface area contributed by atoms with Crippen LogP contribution in [0.15, 0.2) is 61.4 Å². The molecule has 9 heteroatoms. The van der Waals surface area contributed by atoms with E-state index in [9.17, 15) is 13.9 Å². The molecule has 6 nitrogen and oxygen atoms in total. The fourth-order valence-corrected chi connectivity index (χ4v) is 5.64. The van der Waals surface area contributed by atoms with Gasteiger partial charge in [0.25, 0.3) is 0 Å². The molecule has 0 saturated heterocycles. The number of aromatic nitrogens is 4. The number of thiophene rings is 1. The van der Waals surface area contributed by atoms with Gasteiger partial charge in [-0.1, -0.05) is 12.1 Å². The molecule has 0 fully saturated rings. The van der Waals surface area contributed by atoms with Crippen molar-refractivity contribution in [3.05, 3.63) is 89.1 Å². The molecule has 0 bridgehead atoms. The van der Waals surface area contributed by atoms with Gasteiger partial charge in [0.05, 0.1) is 6.54 Å². The van der Waals surface area contributed by atoms with Gasteiger partial charge in [0.15, 0.2) is 0 Å². The maximum absolute atomic E-state index is 14.9. The predicted molar refractivity (Wildman–Crippen MR) is 121 cm³/mol. The monoisotopic (exact) mass is 467 g/mol. The molecule has 4 aromatic rings. The summed E-state index contributed by atoms with van der Waals surface area (Å²) in [6, 6.07) is 8.95. The Morgan fingerprint density at radius 3 is 2.82 bits per heavy atom. The molecule has 0 aliphatic carbocycles. The van der Waals surface area contributed by atoms with Gasteiger partial charge in [0.2, 0.25) is 0 Å². The predicted octanol–water partition coefficient (Wildman–Crippen LogP) is 4.01. The Labute approximate surface area is 194 Å². The van der Waals surface area contributed by atoms with Crippen LogP contribution in [0.1, 0.15) is 22.9 Å². The van der Waals surface area contributed by atoms with Crippen LogP contribution in [-0.4, -0.2) is 42.3 Å². The molecule has 0 unspecified atom stereocenters. The van der Waals surface area contributed by atoms with E-state index < -0.39 is 23.3 Å². The van der Waals surface area contributed by atoms with E-state index in [2.05, 4.69) is 26.0 Å². The summed E-state index contributed by atoms with van der Waals surface area (Å²) in [7, 11) is 0. The first-order valence-electron chi connectivity index (χ1n) is 10.7. The van der Waals surface area contributed by atoms with Gasteiger partial charge in [-0.15, -0.1) is 11.3 Å². The summed E-state index contributed by atoms with van der Waals surface area (Å²) in [5, 5.41) is 16.0. The van der Waals surface area contributed by atoms with Gasteiger partial charge in [-0.25, -0.2) is 18.4 Å². The maximum Gasteiger partial charge on any atom is 0.137 e. The van der Waals surface area contributed by atoms with Crippen LogP contribution in [-0.2, 0) is 25.1 Å². The highest BCUT2D eigenvalue weighted by molar-refractivity contribution is 7.15. The molecule has 4 heterocycles. The highest BCUT2D eigenvalue weighted by Gasteiger charge is 2.42. The minimum atomic E-state index is -1.65. The Morgan fingerprint density at radius 1 is 1.21 bits per heavy atom. The van der Waals surface area contributed by atoms with E-state index in [1.165, 1.54) is 39.9 Å². The first kappa shape index (κ1) is 21.8. The van der Waals surface area contributed by atoms with Gasteiger partial charge in [-0.05, 0) is 37.1 Å². The zero-order chi connectivity index (χ0) is 23.0. The highest BCUT2D eigenvalue weighted by Crippen LogP contribution is 2.38. The number of benzene rings is 1. The lowest BCUT2D eigenvalue weighted by Gasteiger charge is -2.42. The smallest absolute Gasteiger partial charge is 0.137 e. The Hall–Kier alpha value is -3.01. The molecule has 170 valence electrons. The second-order valence-corrected chi connectivity index (χ2v) is 9.48. The van der Waals surface area contributed by atoms with Crippen LogP contribution in [0.2, 0.25) is 0 Å². The van der Waals surface area contributed by atoms with Gasteiger partial charge in [-0.3, -0.25) is 9.88 Å². The number of rotatable bonds is 6. The van der Waals surface area contributed by atoms with Gasteiger partial charge < -0.3 is 5.11 Å². The maximum atomic E-state index is 14.9. The molecule has 0 spiro atoms. The zero-order valence-corrected chi connectivity index (χ0v) is 18.8. The van der Waals surface area contributed by atoms with Crippen LogP contribution in [0.4, 0.5) is 8.78 Å². The standard InChI is InChI=1S/C24H23F2N5OS/c1-16(24(32,13-31-15-28-14-29-31)20-5-4-19(25)10-21(20)26)30-8-6-22-18(12-30)9-23(33-22)17-3-2-7-27-11-17/h2-5,7,9-11,14-16,32H,6,8,12-13H2,1H3/t16-,24-/m1/s1. The molecular formula is C24H23F2N5OS. The molecule has 2 atom stereocenters. The summed E-state index contributed by atoms with van der Waals surface area (Å²) in [5.74, 6) is -1.47. The first-order chi connectivity index (χ1) is 15.9. The minimum Gasteiger partial charge on any atom is -0.381 e. The third-order valence-corrected chi connectivity index (χ3v) is 7.63. The normalized spacial score (nSPS) is 16.8. The molecule has 0 amide bonds. The Balaban J connectivity index is 1.46. The Morgan fingerprint density at radius 2 is 2.09 bits per heavy atom. The SMILES string of the molecule is C[C@@H](N1CCc2sc(-c3cccnc3)cc2C1)[C@](O)(Cn1cncn1)c1ccc(F)cc1F. The van der Waals surface area contributed by atoms with Crippen molar-refractivity contribution in [3.63, 3.8) is 0 Å². The van der Waals surface area contributed by atoms with E-state index in [0.29, 0.717) is 13.1 Å². The second-order valence-electron chi connectivity index (χ2n) is 8.34. The topological polar surface area (TPSA) is 67.1 Å². The van der Waals surface area contributed by atoms with Gasteiger partial charge in [0, 0.05) is 58.5 Å². The molecule has 1 aliphatic rings. The summed E-state index contributed by atoms with van der Waals surface area (Å²) < 4.78 is 29.9. The zero-order valence-electron chi connectivity index (χ0n) is 18.0. The van der Waals surface area contributed by atoms with Crippen molar-refractivity contribution in [1.29, 1.82) is 0 Å². The first-order valence-corrected chi connectivity index (χ1v) is 11.5. The molecule has 0 radical (unpaired) electrons. The van der Waals surface area contributed by atoms with Crippen molar-refractivity contribution in [1.82, 2.24) is 24.6 Å². The summed E-state index contributed by atoms with van der Waals surface area (Å²) in [5.41, 5.74) is 0.664.